The minimum Gasteiger partial charge on any atom is -0.488 e. The minimum absolute atomic E-state index is 0.0542. The van der Waals surface area contributed by atoms with Crippen LogP contribution in [0.3, 0.4) is 0 Å². The second-order valence-electron chi connectivity index (χ2n) is 8.78. The van der Waals surface area contributed by atoms with Gasteiger partial charge in [-0.15, -0.1) is 11.8 Å². The van der Waals surface area contributed by atoms with Crippen molar-refractivity contribution in [3.8, 4) is 5.75 Å². The molecule has 35 heavy (non-hydrogen) atoms. The van der Waals surface area contributed by atoms with Gasteiger partial charge in [0.2, 0.25) is 10.0 Å². The van der Waals surface area contributed by atoms with Crippen molar-refractivity contribution >= 4 is 27.8 Å². The van der Waals surface area contributed by atoms with Crippen LogP contribution in [0, 0.1) is 6.92 Å². The number of fused-ring (bicyclic) bond motifs is 1. The maximum absolute atomic E-state index is 13.5. The van der Waals surface area contributed by atoms with Gasteiger partial charge in [-0.1, -0.05) is 42.5 Å². The van der Waals surface area contributed by atoms with E-state index in [1.165, 1.54) is 4.31 Å². The van der Waals surface area contributed by atoms with E-state index in [1.54, 1.807) is 36.0 Å². The first-order valence-corrected chi connectivity index (χ1v) is 14.1. The van der Waals surface area contributed by atoms with Crippen molar-refractivity contribution in [3.05, 3.63) is 89.0 Å². The number of aryl methyl sites for hydroxylation is 1. The maximum atomic E-state index is 13.5. The van der Waals surface area contributed by atoms with Crippen LogP contribution >= 0.6 is 11.8 Å². The molecular weight excluding hydrogens is 482 g/mol. The number of hydrogen-bond acceptors (Lipinski definition) is 5. The largest absolute Gasteiger partial charge is 0.488 e. The highest BCUT2D eigenvalue weighted by atomic mass is 32.2. The zero-order chi connectivity index (χ0) is 25.2. The highest BCUT2D eigenvalue weighted by Crippen LogP contribution is 2.34. The van der Waals surface area contributed by atoms with Gasteiger partial charge in [-0.2, -0.15) is 4.31 Å². The number of ether oxygens (including phenoxy) is 1. The topological polar surface area (TPSA) is 83.9 Å². The van der Waals surface area contributed by atoms with Gasteiger partial charge in [-0.3, -0.25) is 4.79 Å². The monoisotopic (exact) mass is 511 g/mol. The fourth-order valence-electron chi connectivity index (χ4n) is 4.40. The molecule has 1 heterocycles. The highest BCUT2D eigenvalue weighted by molar-refractivity contribution is 7.98. The number of thioether (sulfide) groups is 1. The third-order valence-electron chi connectivity index (χ3n) is 6.28. The van der Waals surface area contributed by atoms with Gasteiger partial charge in [-0.25, -0.2) is 8.42 Å². The van der Waals surface area contributed by atoms with Crippen molar-refractivity contribution in [1.29, 1.82) is 0 Å². The highest BCUT2D eigenvalue weighted by Gasteiger charge is 2.33. The summed E-state index contributed by atoms with van der Waals surface area (Å²) in [5.74, 6) is -0.863. The molecule has 1 aliphatic heterocycles. The summed E-state index contributed by atoms with van der Waals surface area (Å²) in [5.41, 5.74) is 3.55. The summed E-state index contributed by atoms with van der Waals surface area (Å²) in [6.45, 7) is 4.19. The second-order valence-corrected chi connectivity index (χ2v) is 11.6. The van der Waals surface area contributed by atoms with Crippen LogP contribution in [0.5, 0.6) is 5.75 Å². The number of nitrogens with zero attached hydrogens (tertiary/aromatic N) is 1. The van der Waals surface area contributed by atoms with Crippen molar-refractivity contribution in [2.75, 3.05) is 12.8 Å². The van der Waals surface area contributed by atoms with Gasteiger partial charge in [0.05, 0.1) is 13.0 Å². The van der Waals surface area contributed by atoms with E-state index < -0.39 is 16.0 Å². The molecule has 1 aliphatic rings. The molecule has 0 amide bonds. The first-order chi connectivity index (χ1) is 16.7. The Morgan fingerprint density at radius 1 is 1.11 bits per heavy atom. The van der Waals surface area contributed by atoms with Crippen LogP contribution in [0.1, 0.15) is 41.5 Å². The average molecular weight is 512 g/mol. The number of carboxylic acid groups (broad SMARTS) is 1. The Morgan fingerprint density at radius 3 is 2.49 bits per heavy atom. The van der Waals surface area contributed by atoms with Crippen LogP contribution in [0.25, 0.3) is 0 Å². The molecule has 0 saturated heterocycles. The van der Waals surface area contributed by atoms with Gasteiger partial charge in [0.1, 0.15) is 16.7 Å². The Hall–Kier alpha value is -2.81. The molecule has 1 unspecified atom stereocenters. The number of carboxylic acids is 1. The van der Waals surface area contributed by atoms with Gasteiger partial charge >= 0.3 is 5.97 Å². The summed E-state index contributed by atoms with van der Waals surface area (Å²) in [7, 11) is -3.77. The predicted octanol–water partition coefficient (Wildman–Crippen LogP) is 5.30. The number of para-hydroxylation sites is 1. The number of rotatable bonds is 7. The van der Waals surface area contributed by atoms with Crippen LogP contribution in [-0.2, 0) is 21.4 Å². The molecule has 0 spiro atoms. The molecule has 2 atom stereocenters. The summed E-state index contributed by atoms with van der Waals surface area (Å²) < 4.78 is 34.3. The van der Waals surface area contributed by atoms with Gasteiger partial charge in [0.25, 0.3) is 0 Å². The van der Waals surface area contributed by atoms with E-state index in [-0.39, 0.29) is 36.4 Å². The molecule has 0 saturated carbocycles. The Bertz CT molecular complexity index is 1320. The number of benzene rings is 3. The third-order valence-corrected chi connectivity index (χ3v) is 8.87. The molecule has 0 radical (unpaired) electrons. The van der Waals surface area contributed by atoms with Crippen molar-refractivity contribution in [1.82, 2.24) is 4.31 Å². The summed E-state index contributed by atoms with van der Waals surface area (Å²) in [6, 6.07) is 20.4. The molecule has 0 fully saturated rings. The number of aliphatic carboxylic acids is 1. The molecular formula is C27H29NO5S2. The van der Waals surface area contributed by atoms with Crippen LogP contribution in [0.2, 0.25) is 0 Å². The lowest BCUT2D eigenvalue weighted by Gasteiger charge is -2.24. The van der Waals surface area contributed by atoms with Crippen LogP contribution in [-0.4, -0.2) is 42.7 Å². The van der Waals surface area contributed by atoms with E-state index in [4.69, 9.17) is 4.74 Å². The van der Waals surface area contributed by atoms with Gasteiger partial charge in [0, 0.05) is 17.4 Å². The van der Waals surface area contributed by atoms with Crippen LogP contribution in [0.15, 0.2) is 76.5 Å². The average Bonchev–Trinajstić information content (AvgIpc) is 2.92. The first-order valence-electron chi connectivity index (χ1n) is 11.4. The van der Waals surface area contributed by atoms with E-state index in [9.17, 15) is 18.3 Å². The molecule has 3 aromatic rings. The molecule has 1 N–H and O–H groups in total. The van der Waals surface area contributed by atoms with E-state index in [0.717, 1.165) is 27.1 Å². The van der Waals surface area contributed by atoms with E-state index in [1.807, 2.05) is 62.6 Å². The van der Waals surface area contributed by atoms with Gasteiger partial charge < -0.3 is 9.84 Å². The fourth-order valence-corrected chi connectivity index (χ4v) is 6.42. The lowest BCUT2D eigenvalue weighted by molar-refractivity contribution is -0.137. The maximum Gasteiger partial charge on any atom is 0.304 e. The van der Waals surface area contributed by atoms with Crippen LogP contribution < -0.4 is 4.74 Å². The summed E-state index contributed by atoms with van der Waals surface area (Å²) in [5, 5.41) is 9.61. The predicted molar refractivity (Wildman–Crippen MR) is 138 cm³/mol. The van der Waals surface area contributed by atoms with Crippen molar-refractivity contribution in [3.63, 3.8) is 0 Å². The third kappa shape index (κ3) is 5.55. The zero-order valence-electron chi connectivity index (χ0n) is 20.0. The van der Waals surface area contributed by atoms with E-state index in [2.05, 4.69) is 0 Å². The van der Waals surface area contributed by atoms with E-state index >= 15 is 0 Å². The van der Waals surface area contributed by atoms with Crippen molar-refractivity contribution < 1.29 is 23.1 Å². The Balaban J connectivity index is 1.71. The summed E-state index contributed by atoms with van der Waals surface area (Å²) in [6.07, 6.45) is 1.63. The molecule has 4 rings (SSSR count). The Morgan fingerprint density at radius 2 is 1.80 bits per heavy atom. The fraction of sp³-hybridized carbons (Fsp3) is 0.296. The second kappa shape index (κ2) is 10.4. The molecule has 184 valence electrons. The number of hydrogen-bond donors (Lipinski definition) is 1. The Kier molecular flexibility index (Phi) is 7.54. The van der Waals surface area contributed by atoms with Gasteiger partial charge in [-0.05, 0) is 66.6 Å². The number of sulfonamides is 1. The Labute approximate surface area is 211 Å². The standard InChI is InChI=1S/C27H29NO5S2/c1-18-8-9-21(24(15-27(29)30)20-10-12-23(34-3)13-11-20)14-22(18)17-28-16-19(2)33-25-6-4-5-7-26(25)35(28,31)32/h4-14,19,24H,15-17H2,1-3H3,(H,29,30)/t19-,24?/m1/s1. The summed E-state index contributed by atoms with van der Waals surface area (Å²) in [4.78, 5) is 13.0. The van der Waals surface area contributed by atoms with Gasteiger partial charge in [0.15, 0.2) is 0 Å². The molecule has 0 bridgehead atoms. The SMILES string of the molecule is CSc1ccc(C(CC(=O)O)c2ccc(C)c(CN3C[C@@H](C)Oc4ccccc4S3(=O)=O)c2)cc1. The molecule has 8 heteroatoms. The van der Waals surface area contributed by atoms with Crippen molar-refractivity contribution in [2.24, 2.45) is 0 Å². The summed E-state index contributed by atoms with van der Waals surface area (Å²) >= 11 is 1.63. The molecule has 0 aromatic heterocycles. The van der Waals surface area contributed by atoms with Crippen LogP contribution in [0.4, 0.5) is 0 Å². The molecule has 0 aliphatic carbocycles. The normalized spacial score (nSPS) is 18.2. The minimum atomic E-state index is -3.77. The smallest absolute Gasteiger partial charge is 0.304 e. The number of carbonyl (C=O) groups is 1. The van der Waals surface area contributed by atoms with E-state index in [0.29, 0.717) is 5.75 Å². The first kappa shape index (κ1) is 25.3. The quantitative estimate of drug-likeness (QED) is 0.434. The van der Waals surface area contributed by atoms with Crippen molar-refractivity contribution in [2.45, 2.75) is 48.6 Å². The lowest BCUT2D eigenvalue weighted by Crippen LogP contribution is -2.35. The lowest BCUT2D eigenvalue weighted by atomic mass is 9.87. The molecule has 6 nitrogen and oxygen atoms in total. The zero-order valence-corrected chi connectivity index (χ0v) is 21.6. The molecule has 3 aromatic carbocycles.